The maximum atomic E-state index is 12.9. The lowest BCUT2D eigenvalue weighted by Crippen LogP contribution is -2.45. The van der Waals surface area contributed by atoms with E-state index in [1.54, 1.807) is 19.2 Å². The van der Waals surface area contributed by atoms with Gasteiger partial charge in [0.2, 0.25) is 5.91 Å². The van der Waals surface area contributed by atoms with E-state index in [2.05, 4.69) is 46.6 Å². The molecule has 7 heteroatoms. The van der Waals surface area contributed by atoms with Gasteiger partial charge in [0.25, 0.3) is 0 Å². The van der Waals surface area contributed by atoms with Crippen LogP contribution in [0.1, 0.15) is 39.2 Å². The van der Waals surface area contributed by atoms with Gasteiger partial charge in [-0.1, -0.05) is 26.0 Å². The molecule has 0 aliphatic carbocycles. The molecule has 1 unspecified atom stereocenters. The molecule has 1 atom stereocenters. The Balaban J connectivity index is 2.19. The summed E-state index contributed by atoms with van der Waals surface area (Å²) in [6.07, 6.45) is 2.47. The molecule has 0 fully saturated rings. The first-order valence-corrected chi connectivity index (χ1v) is 10.2. The van der Waals surface area contributed by atoms with Crippen molar-refractivity contribution in [2.24, 2.45) is 4.99 Å². The highest BCUT2D eigenvalue weighted by Gasteiger charge is 2.07. The van der Waals surface area contributed by atoms with Gasteiger partial charge in [-0.2, -0.15) is 0 Å². The van der Waals surface area contributed by atoms with E-state index in [-0.39, 0.29) is 18.1 Å². The molecular weight excluding hydrogens is 357 g/mol. The Kier molecular flexibility index (Phi) is 11.9. The first-order valence-electron chi connectivity index (χ1n) is 10.2. The summed E-state index contributed by atoms with van der Waals surface area (Å²) in [4.78, 5) is 18.6. The molecule has 1 aromatic rings. The van der Waals surface area contributed by atoms with Gasteiger partial charge in [-0.25, -0.2) is 4.39 Å². The standard InChI is InChI=1S/C21H36FN5O/c1-5-27(6-2)15-7-8-17(3)26-21(23-4)25-14-13-24-20(28)16-18-9-11-19(22)12-10-18/h9-12,17H,5-8,13-16H2,1-4H3,(H,24,28)(H2,23,25,26). The van der Waals surface area contributed by atoms with Gasteiger partial charge < -0.3 is 20.9 Å². The number of halogens is 1. The normalized spacial score (nSPS) is 12.7. The lowest BCUT2D eigenvalue weighted by Gasteiger charge is -2.21. The Bertz CT molecular complexity index is 587. The zero-order valence-corrected chi connectivity index (χ0v) is 17.7. The van der Waals surface area contributed by atoms with Gasteiger partial charge in [0.1, 0.15) is 5.82 Å². The molecule has 1 aromatic carbocycles. The molecule has 3 N–H and O–H groups in total. The van der Waals surface area contributed by atoms with Crippen LogP contribution in [0.2, 0.25) is 0 Å². The molecular formula is C21H36FN5O. The Labute approximate surface area is 169 Å². The summed E-state index contributed by atoms with van der Waals surface area (Å²) in [5.74, 6) is 0.360. The molecule has 0 aliphatic heterocycles. The highest BCUT2D eigenvalue weighted by atomic mass is 19.1. The van der Waals surface area contributed by atoms with Crippen LogP contribution in [0.3, 0.4) is 0 Å². The van der Waals surface area contributed by atoms with E-state index < -0.39 is 0 Å². The Hall–Kier alpha value is -2.15. The van der Waals surface area contributed by atoms with Crippen molar-refractivity contribution in [1.82, 2.24) is 20.9 Å². The third kappa shape index (κ3) is 10.3. The fraction of sp³-hybridized carbons (Fsp3) is 0.619. The molecule has 28 heavy (non-hydrogen) atoms. The molecule has 0 saturated carbocycles. The molecule has 0 spiro atoms. The van der Waals surface area contributed by atoms with Crippen molar-refractivity contribution in [1.29, 1.82) is 0 Å². The minimum atomic E-state index is -0.297. The number of guanidine groups is 1. The van der Waals surface area contributed by atoms with Crippen LogP contribution in [0.5, 0.6) is 0 Å². The summed E-state index contributed by atoms with van der Waals surface area (Å²) in [6, 6.07) is 6.31. The van der Waals surface area contributed by atoms with Crippen LogP contribution in [0.15, 0.2) is 29.3 Å². The van der Waals surface area contributed by atoms with Crippen LogP contribution in [-0.4, -0.2) is 62.6 Å². The van der Waals surface area contributed by atoms with Crippen molar-refractivity contribution in [3.05, 3.63) is 35.6 Å². The zero-order valence-electron chi connectivity index (χ0n) is 17.7. The van der Waals surface area contributed by atoms with Gasteiger partial charge in [0, 0.05) is 26.2 Å². The van der Waals surface area contributed by atoms with Crippen LogP contribution in [0, 0.1) is 5.82 Å². The summed E-state index contributed by atoms with van der Waals surface area (Å²) in [5, 5.41) is 9.45. The lowest BCUT2D eigenvalue weighted by atomic mass is 10.1. The van der Waals surface area contributed by atoms with E-state index in [0.717, 1.165) is 44.0 Å². The van der Waals surface area contributed by atoms with Crippen molar-refractivity contribution < 1.29 is 9.18 Å². The summed E-state index contributed by atoms with van der Waals surface area (Å²) >= 11 is 0. The van der Waals surface area contributed by atoms with Gasteiger partial charge in [-0.3, -0.25) is 9.79 Å². The number of amides is 1. The van der Waals surface area contributed by atoms with Crippen molar-refractivity contribution in [2.45, 2.75) is 46.1 Å². The van der Waals surface area contributed by atoms with Crippen LogP contribution in [0.4, 0.5) is 4.39 Å². The van der Waals surface area contributed by atoms with E-state index >= 15 is 0 Å². The SMILES string of the molecule is CCN(CC)CCCC(C)NC(=NC)NCCNC(=O)Cc1ccc(F)cc1. The van der Waals surface area contributed by atoms with Crippen LogP contribution in [0.25, 0.3) is 0 Å². The van der Waals surface area contributed by atoms with Gasteiger partial charge in [0.15, 0.2) is 5.96 Å². The Morgan fingerprint density at radius 2 is 1.79 bits per heavy atom. The predicted octanol–water partition coefficient (Wildman–Crippen LogP) is 2.16. The minimum absolute atomic E-state index is 0.0823. The van der Waals surface area contributed by atoms with E-state index in [1.165, 1.54) is 12.1 Å². The van der Waals surface area contributed by atoms with Crippen molar-refractivity contribution >= 4 is 11.9 Å². The summed E-state index contributed by atoms with van der Waals surface area (Å²) < 4.78 is 12.9. The second-order valence-corrected chi connectivity index (χ2v) is 6.87. The van der Waals surface area contributed by atoms with E-state index in [1.807, 2.05) is 0 Å². The fourth-order valence-corrected chi connectivity index (χ4v) is 2.89. The van der Waals surface area contributed by atoms with Crippen LogP contribution >= 0.6 is 0 Å². The van der Waals surface area contributed by atoms with Gasteiger partial charge >= 0.3 is 0 Å². The maximum absolute atomic E-state index is 12.9. The number of benzene rings is 1. The molecule has 0 aromatic heterocycles. The highest BCUT2D eigenvalue weighted by Crippen LogP contribution is 2.03. The zero-order chi connectivity index (χ0) is 20.8. The van der Waals surface area contributed by atoms with E-state index in [0.29, 0.717) is 19.1 Å². The molecule has 1 amide bonds. The van der Waals surface area contributed by atoms with Crippen LogP contribution < -0.4 is 16.0 Å². The van der Waals surface area contributed by atoms with Crippen molar-refractivity contribution in [3.63, 3.8) is 0 Å². The monoisotopic (exact) mass is 393 g/mol. The molecule has 1 rings (SSSR count). The number of nitrogens with zero attached hydrogens (tertiary/aromatic N) is 2. The second kappa shape index (κ2) is 13.9. The van der Waals surface area contributed by atoms with Crippen molar-refractivity contribution in [3.8, 4) is 0 Å². The third-order valence-electron chi connectivity index (χ3n) is 4.63. The molecule has 0 radical (unpaired) electrons. The average molecular weight is 394 g/mol. The minimum Gasteiger partial charge on any atom is -0.355 e. The average Bonchev–Trinajstić information content (AvgIpc) is 2.69. The lowest BCUT2D eigenvalue weighted by molar-refractivity contribution is -0.120. The predicted molar refractivity (Wildman–Crippen MR) is 114 cm³/mol. The molecule has 0 heterocycles. The first kappa shape index (κ1) is 23.9. The number of hydrogen-bond acceptors (Lipinski definition) is 3. The van der Waals surface area contributed by atoms with E-state index in [4.69, 9.17) is 0 Å². The topological polar surface area (TPSA) is 68.8 Å². The Morgan fingerprint density at radius 1 is 1.14 bits per heavy atom. The second-order valence-electron chi connectivity index (χ2n) is 6.87. The van der Waals surface area contributed by atoms with Gasteiger partial charge in [-0.15, -0.1) is 0 Å². The van der Waals surface area contributed by atoms with Crippen molar-refractivity contribution in [2.75, 3.05) is 39.8 Å². The maximum Gasteiger partial charge on any atom is 0.224 e. The number of carbonyl (C=O) groups is 1. The largest absolute Gasteiger partial charge is 0.355 e. The number of aliphatic imine (C=N–C) groups is 1. The summed E-state index contributed by atoms with van der Waals surface area (Å²) in [7, 11) is 1.74. The summed E-state index contributed by atoms with van der Waals surface area (Å²) in [6.45, 7) is 10.9. The molecule has 0 bridgehead atoms. The first-order chi connectivity index (χ1) is 13.5. The number of nitrogens with one attached hydrogen (secondary N) is 3. The van der Waals surface area contributed by atoms with E-state index in [9.17, 15) is 9.18 Å². The smallest absolute Gasteiger partial charge is 0.224 e. The quantitative estimate of drug-likeness (QED) is 0.289. The molecule has 6 nitrogen and oxygen atoms in total. The van der Waals surface area contributed by atoms with Gasteiger partial charge in [0.05, 0.1) is 6.42 Å². The number of rotatable bonds is 12. The Morgan fingerprint density at radius 3 is 2.39 bits per heavy atom. The summed E-state index contributed by atoms with van der Waals surface area (Å²) in [5.41, 5.74) is 0.794. The molecule has 0 aliphatic rings. The van der Waals surface area contributed by atoms with Gasteiger partial charge in [-0.05, 0) is 57.1 Å². The van der Waals surface area contributed by atoms with Crippen LogP contribution in [-0.2, 0) is 11.2 Å². The number of carbonyl (C=O) groups excluding carboxylic acids is 1. The molecule has 0 saturated heterocycles. The fourth-order valence-electron chi connectivity index (χ4n) is 2.89. The molecule has 158 valence electrons. The number of hydrogen-bond donors (Lipinski definition) is 3. The third-order valence-corrected chi connectivity index (χ3v) is 4.63. The highest BCUT2D eigenvalue weighted by molar-refractivity contribution is 5.80.